The number of likely N-dealkylation sites (tertiary alicyclic amines) is 1. The van der Waals surface area contributed by atoms with Gasteiger partial charge in [-0.1, -0.05) is 0 Å². The summed E-state index contributed by atoms with van der Waals surface area (Å²) in [5, 5.41) is 0.936. The second kappa shape index (κ2) is 4.51. The van der Waals surface area contributed by atoms with Crippen LogP contribution in [0.25, 0.3) is 0 Å². The van der Waals surface area contributed by atoms with E-state index in [4.69, 9.17) is 5.73 Å². The average Bonchev–Trinajstić information content (AvgIpc) is 2.84. The molecule has 2 rings (SSSR count). The predicted octanol–water partition coefficient (Wildman–Crippen LogP) is 1.26. The molecule has 5 heteroatoms. The third-order valence-corrected chi connectivity index (χ3v) is 3.99. The van der Waals surface area contributed by atoms with Crippen molar-refractivity contribution in [3.63, 3.8) is 0 Å². The highest BCUT2D eigenvalue weighted by atomic mass is 32.1. The van der Waals surface area contributed by atoms with Crippen LogP contribution in [0.4, 0.5) is 0 Å². The van der Waals surface area contributed by atoms with Gasteiger partial charge in [0.05, 0.1) is 11.2 Å². The van der Waals surface area contributed by atoms with Gasteiger partial charge in [-0.05, 0) is 26.2 Å². The van der Waals surface area contributed by atoms with Gasteiger partial charge in [0.15, 0.2) is 0 Å². The van der Waals surface area contributed by atoms with Crippen molar-refractivity contribution in [2.75, 3.05) is 13.1 Å². The van der Waals surface area contributed by atoms with Crippen molar-refractivity contribution in [3.05, 3.63) is 16.1 Å². The van der Waals surface area contributed by atoms with Crippen molar-refractivity contribution in [3.8, 4) is 0 Å². The third-order valence-electron chi connectivity index (χ3n) is 3.09. The second-order valence-corrected chi connectivity index (χ2v) is 5.64. The van der Waals surface area contributed by atoms with Crippen molar-refractivity contribution < 1.29 is 4.79 Å². The first kappa shape index (κ1) is 11.5. The Labute approximate surface area is 99.5 Å². The highest BCUT2D eigenvalue weighted by molar-refractivity contribution is 7.13. The first-order valence-electron chi connectivity index (χ1n) is 5.55. The topological polar surface area (TPSA) is 59.2 Å². The van der Waals surface area contributed by atoms with Gasteiger partial charge in [0, 0.05) is 19.1 Å². The molecule has 2 unspecified atom stereocenters. The van der Waals surface area contributed by atoms with E-state index in [-0.39, 0.29) is 11.9 Å². The van der Waals surface area contributed by atoms with Crippen molar-refractivity contribution in [1.29, 1.82) is 0 Å². The Bertz CT molecular complexity index is 388. The summed E-state index contributed by atoms with van der Waals surface area (Å²) in [6.45, 7) is 5.53. The summed E-state index contributed by atoms with van der Waals surface area (Å²) >= 11 is 1.46. The normalized spacial score (nSPS) is 22.4. The highest BCUT2D eigenvalue weighted by Gasteiger charge is 2.29. The minimum atomic E-state index is 0.105. The zero-order valence-corrected chi connectivity index (χ0v) is 10.5. The van der Waals surface area contributed by atoms with Gasteiger partial charge in [0.2, 0.25) is 0 Å². The van der Waals surface area contributed by atoms with Crippen LogP contribution in [0.2, 0.25) is 0 Å². The Morgan fingerprint density at radius 1 is 1.75 bits per heavy atom. The minimum Gasteiger partial charge on any atom is -0.338 e. The molecule has 2 N–H and O–H groups in total. The van der Waals surface area contributed by atoms with Crippen molar-refractivity contribution >= 4 is 17.2 Å². The lowest BCUT2D eigenvalue weighted by Crippen LogP contribution is -2.32. The number of nitrogens with zero attached hydrogens (tertiary/aromatic N) is 2. The van der Waals surface area contributed by atoms with Crippen LogP contribution in [0.3, 0.4) is 0 Å². The molecular weight excluding hydrogens is 222 g/mol. The Balaban J connectivity index is 2.02. The number of thiazole rings is 1. The minimum absolute atomic E-state index is 0.105. The summed E-state index contributed by atoms with van der Waals surface area (Å²) in [5.41, 5.74) is 5.86. The average molecular weight is 239 g/mol. The van der Waals surface area contributed by atoms with Crippen LogP contribution in [0, 0.1) is 12.8 Å². The third kappa shape index (κ3) is 2.25. The van der Waals surface area contributed by atoms with Gasteiger partial charge in [-0.2, -0.15) is 0 Å². The number of carbonyl (C=O) groups excluding carboxylic acids is 1. The van der Waals surface area contributed by atoms with Gasteiger partial charge in [-0.3, -0.25) is 4.79 Å². The number of rotatable bonds is 2. The second-order valence-electron chi connectivity index (χ2n) is 4.40. The Hall–Kier alpha value is -0.940. The molecular formula is C11H17N3OS. The molecule has 1 aliphatic rings. The largest absolute Gasteiger partial charge is 0.338 e. The zero-order chi connectivity index (χ0) is 11.7. The van der Waals surface area contributed by atoms with E-state index < -0.39 is 0 Å². The molecule has 0 aromatic carbocycles. The van der Waals surface area contributed by atoms with E-state index in [0.717, 1.165) is 29.4 Å². The molecule has 0 aliphatic carbocycles. The molecule has 1 aliphatic heterocycles. The van der Waals surface area contributed by atoms with E-state index in [0.29, 0.717) is 5.92 Å². The summed E-state index contributed by atoms with van der Waals surface area (Å²) in [6.07, 6.45) is 2.68. The van der Waals surface area contributed by atoms with E-state index >= 15 is 0 Å². The van der Waals surface area contributed by atoms with E-state index in [1.54, 1.807) is 6.20 Å². The number of hydrogen-bond donors (Lipinski definition) is 1. The quantitative estimate of drug-likeness (QED) is 0.845. The maximum absolute atomic E-state index is 12.1. The summed E-state index contributed by atoms with van der Waals surface area (Å²) in [5.74, 6) is 0.548. The fourth-order valence-corrected chi connectivity index (χ4v) is 2.76. The Morgan fingerprint density at radius 3 is 3.00 bits per heavy atom. The van der Waals surface area contributed by atoms with E-state index in [1.165, 1.54) is 11.3 Å². The smallest absolute Gasteiger partial charge is 0.265 e. The molecule has 0 radical (unpaired) electrons. The van der Waals surface area contributed by atoms with Crippen molar-refractivity contribution in [2.45, 2.75) is 26.3 Å². The first-order chi connectivity index (χ1) is 7.58. The van der Waals surface area contributed by atoms with Crippen LogP contribution < -0.4 is 5.73 Å². The predicted molar refractivity (Wildman–Crippen MR) is 64.5 cm³/mol. The summed E-state index contributed by atoms with van der Waals surface area (Å²) < 4.78 is 0. The SMILES string of the molecule is Cc1ncc(C(=O)N2CCC(C(C)N)C2)s1. The number of hydrogen-bond acceptors (Lipinski definition) is 4. The van der Waals surface area contributed by atoms with Gasteiger partial charge in [0.1, 0.15) is 4.88 Å². The number of amides is 1. The van der Waals surface area contributed by atoms with Crippen LogP contribution in [-0.4, -0.2) is 34.9 Å². The Kier molecular flexibility index (Phi) is 3.25. The molecule has 2 atom stereocenters. The monoisotopic (exact) mass is 239 g/mol. The molecule has 1 fully saturated rings. The lowest BCUT2D eigenvalue weighted by Gasteiger charge is -2.17. The standard InChI is InChI=1S/C11H17N3OS/c1-7(12)9-3-4-14(6-9)11(15)10-5-13-8(2)16-10/h5,7,9H,3-4,6,12H2,1-2H3. The molecule has 0 spiro atoms. The molecule has 88 valence electrons. The van der Waals surface area contributed by atoms with Crippen LogP contribution in [-0.2, 0) is 0 Å². The molecule has 1 aromatic rings. The van der Waals surface area contributed by atoms with Crippen molar-refractivity contribution in [1.82, 2.24) is 9.88 Å². The first-order valence-corrected chi connectivity index (χ1v) is 6.37. The molecule has 2 heterocycles. The van der Waals surface area contributed by atoms with Crippen LogP contribution in [0.15, 0.2) is 6.20 Å². The molecule has 0 saturated carbocycles. The zero-order valence-electron chi connectivity index (χ0n) is 9.64. The van der Waals surface area contributed by atoms with Crippen LogP contribution in [0.1, 0.15) is 28.0 Å². The molecule has 0 bridgehead atoms. The lowest BCUT2D eigenvalue weighted by molar-refractivity contribution is 0.0790. The number of aryl methyl sites for hydroxylation is 1. The van der Waals surface area contributed by atoms with Crippen molar-refractivity contribution in [2.24, 2.45) is 11.7 Å². The number of nitrogens with two attached hydrogens (primary N) is 1. The maximum Gasteiger partial charge on any atom is 0.265 e. The maximum atomic E-state index is 12.1. The molecule has 1 amide bonds. The number of aromatic nitrogens is 1. The fourth-order valence-electron chi connectivity index (χ4n) is 2.02. The summed E-state index contributed by atoms with van der Waals surface area (Å²) in [7, 11) is 0. The molecule has 1 aromatic heterocycles. The van der Waals surface area contributed by atoms with Gasteiger partial charge < -0.3 is 10.6 Å². The summed E-state index contributed by atoms with van der Waals surface area (Å²) in [6, 6.07) is 0.168. The van der Waals surface area contributed by atoms with E-state index in [9.17, 15) is 4.79 Å². The van der Waals surface area contributed by atoms with E-state index in [2.05, 4.69) is 4.98 Å². The molecule has 1 saturated heterocycles. The number of carbonyl (C=O) groups is 1. The summed E-state index contributed by atoms with van der Waals surface area (Å²) in [4.78, 5) is 18.8. The van der Waals surface area contributed by atoms with Gasteiger partial charge in [-0.15, -0.1) is 11.3 Å². The lowest BCUT2D eigenvalue weighted by atomic mass is 10.0. The van der Waals surface area contributed by atoms with Gasteiger partial charge in [0.25, 0.3) is 5.91 Å². The molecule has 16 heavy (non-hydrogen) atoms. The van der Waals surface area contributed by atoms with Crippen LogP contribution in [0.5, 0.6) is 0 Å². The highest BCUT2D eigenvalue weighted by Crippen LogP contribution is 2.22. The van der Waals surface area contributed by atoms with Crippen LogP contribution >= 0.6 is 11.3 Å². The van der Waals surface area contributed by atoms with E-state index in [1.807, 2.05) is 18.7 Å². The fraction of sp³-hybridized carbons (Fsp3) is 0.636. The van der Waals surface area contributed by atoms with Gasteiger partial charge in [-0.25, -0.2) is 4.98 Å². The molecule has 4 nitrogen and oxygen atoms in total. The Morgan fingerprint density at radius 2 is 2.50 bits per heavy atom. The van der Waals surface area contributed by atoms with Gasteiger partial charge >= 0.3 is 0 Å².